The molecule has 0 aliphatic rings. The number of hydrogen-bond acceptors (Lipinski definition) is 4. The maximum Gasteiger partial charge on any atom is 0.262 e. The first-order valence-electron chi connectivity index (χ1n) is 6.20. The average molecular weight is 305 g/mol. The van der Waals surface area contributed by atoms with E-state index in [-0.39, 0.29) is 23.5 Å². The van der Waals surface area contributed by atoms with Crippen molar-refractivity contribution in [2.45, 2.75) is 6.92 Å². The molecule has 108 valence electrons. The number of nitrogens with one attached hydrogen (secondary N) is 1. The van der Waals surface area contributed by atoms with Crippen molar-refractivity contribution >= 4 is 29.0 Å². The zero-order valence-electron chi connectivity index (χ0n) is 11.3. The SMILES string of the molecule is CC(=O)c1ccc(OCC(=O)Nc2cccnc2Cl)cc1. The molecule has 0 radical (unpaired) electrons. The number of aromatic nitrogens is 1. The molecule has 1 N–H and O–H groups in total. The number of halogens is 1. The fourth-order valence-corrected chi connectivity index (χ4v) is 1.77. The molecule has 0 spiro atoms. The Morgan fingerprint density at radius 2 is 1.95 bits per heavy atom. The van der Waals surface area contributed by atoms with E-state index in [0.717, 1.165) is 0 Å². The number of hydrogen-bond donors (Lipinski definition) is 1. The van der Waals surface area contributed by atoms with Crippen LogP contribution >= 0.6 is 11.6 Å². The van der Waals surface area contributed by atoms with E-state index in [0.29, 0.717) is 17.0 Å². The molecule has 2 rings (SSSR count). The molecule has 1 aromatic carbocycles. The van der Waals surface area contributed by atoms with Gasteiger partial charge < -0.3 is 10.1 Å². The fourth-order valence-electron chi connectivity index (χ4n) is 1.60. The number of amides is 1. The minimum atomic E-state index is -0.347. The Bertz CT molecular complexity index is 656. The smallest absolute Gasteiger partial charge is 0.262 e. The zero-order valence-corrected chi connectivity index (χ0v) is 12.1. The van der Waals surface area contributed by atoms with Crippen LogP contribution in [0.5, 0.6) is 5.75 Å². The number of nitrogens with zero attached hydrogens (tertiary/aromatic N) is 1. The number of rotatable bonds is 5. The zero-order chi connectivity index (χ0) is 15.2. The minimum Gasteiger partial charge on any atom is -0.484 e. The number of carbonyl (C=O) groups is 2. The van der Waals surface area contributed by atoms with Crippen LogP contribution in [0, 0.1) is 0 Å². The lowest BCUT2D eigenvalue weighted by atomic mass is 10.1. The lowest BCUT2D eigenvalue weighted by Gasteiger charge is -2.08. The summed E-state index contributed by atoms with van der Waals surface area (Å²) in [5.41, 5.74) is 1.02. The van der Waals surface area contributed by atoms with Gasteiger partial charge >= 0.3 is 0 Å². The van der Waals surface area contributed by atoms with E-state index in [4.69, 9.17) is 16.3 Å². The molecular formula is C15H13ClN2O3. The highest BCUT2D eigenvalue weighted by atomic mass is 35.5. The molecule has 0 fully saturated rings. The largest absolute Gasteiger partial charge is 0.484 e. The highest BCUT2D eigenvalue weighted by Crippen LogP contribution is 2.17. The maximum atomic E-state index is 11.7. The van der Waals surface area contributed by atoms with Crippen molar-refractivity contribution in [1.82, 2.24) is 4.98 Å². The Kier molecular flexibility index (Phi) is 4.90. The van der Waals surface area contributed by atoms with Gasteiger partial charge in [-0.15, -0.1) is 0 Å². The van der Waals surface area contributed by atoms with E-state index >= 15 is 0 Å². The summed E-state index contributed by atoms with van der Waals surface area (Å²) in [6.45, 7) is 1.32. The molecule has 0 unspecified atom stereocenters. The number of ketones is 1. The van der Waals surface area contributed by atoms with E-state index < -0.39 is 0 Å². The molecule has 1 amide bonds. The van der Waals surface area contributed by atoms with Crippen molar-refractivity contribution in [1.29, 1.82) is 0 Å². The highest BCUT2D eigenvalue weighted by molar-refractivity contribution is 6.32. The monoisotopic (exact) mass is 304 g/mol. The van der Waals surface area contributed by atoms with E-state index in [9.17, 15) is 9.59 Å². The second kappa shape index (κ2) is 6.85. The van der Waals surface area contributed by atoms with Gasteiger partial charge in [0.25, 0.3) is 5.91 Å². The molecule has 21 heavy (non-hydrogen) atoms. The first kappa shape index (κ1) is 15.0. The van der Waals surface area contributed by atoms with Crippen molar-refractivity contribution in [3.8, 4) is 5.75 Å². The molecule has 6 heteroatoms. The van der Waals surface area contributed by atoms with Crippen LogP contribution < -0.4 is 10.1 Å². The van der Waals surface area contributed by atoms with E-state index in [1.807, 2.05) is 0 Å². The van der Waals surface area contributed by atoms with Gasteiger partial charge in [0.15, 0.2) is 17.5 Å². The second-order valence-electron chi connectivity index (χ2n) is 4.26. The van der Waals surface area contributed by atoms with Gasteiger partial charge in [-0.3, -0.25) is 9.59 Å². The van der Waals surface area contributed by atoms with Crippen molar-refractivity contribution in [3.05, 3.63) is 53.3 Å². The van der Waals surface area contributed by atoms with Gasteiger partial charge in [-0.2, -0.15) is 0 Å². The number of benzene rings is 1. The van der Waals surface area contributed by atoms with Crippen molar-refractivity contribution in [3.63, 3.8) is 0 Å². The van der Waals surface area contributed by atoms with Gasteiger partial charge in [-0.05, 0) is 43.3 Å². The van der Waals surface area contributed by atoms with Crippen LogP contribution in [0.3, 0.4) is 0 Å². The molecule has 5 nitrogen and oxygen atoms in total. The molecule has 0 bridgehead atoms. The Morgan fingerprint density at radius 1 is 1.24 bits per heavy atom. The highest BCUT2D eigenvalue weighted by Gasteiger charge is 2.07. The molecule has 0 saturated heterocycles. The third kappa shape index (κ3) is 4.29. The number of carbonyl (C=O) groups excluding carboxylic acids is 2. The molecule has 0 aliphatic heterocycles. The van der Waals surface area contributed by atoms with Crippen LogP contribution in [-0.2, 0) is 4.79 Å². The molecule has 2 aromatic rings. The third-order valence-electron chi connectivity index (χ3n) is 2.66. The van der Waals surface area contributed by atoms with Gasteiger partial charge in [0.1, 0.15) is 5.75 Å². The molecule has 1 heterocycles. The van der Waals surface area contributed by atoms with Crippen molar-refractivity contribution < 1.29 is 14.3 Å². The Morgan fingerprint density at radius 3 is 2.57 bits per heavy atom. The number of anilines is 1. The average Bonchev–Trinajstić information content (AvgIpc) is 2.48. The van der Waals surface area contributed by atoms with Gasteiger partial charge in [-0.1, -0.05) is 11.6 Å². The van der Waals surface area contributed by atoms with Crippen LogP contribution in [0.2, 0.25) is 5.15 Å². The quantitative estimate of drug-likeness (QED) is 0.681. The van der Waals surface area contributed by atoms with Crippen molar-refractivity contribution in [2.75, 3.05) is 11.9 Å². The predicted molar refractivity (Wildman–Crippen MR) is 79.8 cm³/mol. The molecule has 0 aliphatic carbocycles. The third-order valence-corrected chi connectivity index (χ3v) is 2.97. The van der Waals surface area contributed by atoms with Crippen LogP contribution in [0.1, 0.15) is 17.3 Å². The number of pyridine rings is 1. The summed E-state index contributed by atoms with van der Waals surface area (Å²) in [6.07, 6.45) is 1.53. The summed E-state index contributed by atoms with van der Waals surface area (Å²) >= 11 is 5.83. The maximum absolute atomic E-state index is 11.7. The lowest BCUT2D eigenvalue weighted by molar-refractivity contribution is -0.118. The van der Waals surface area contributed by atoms with E-state index in [2.05, 4.69) is 10.3 Å². The lowest BCUT2D eigenvalue weighted by Crippen LogP contribution is -2.20. The van der Waals surface area contributed by atoms with Crippen LogP contribution in [0.15, 0.2) is 42.6 Å². The number of Topliss-reactive ketones (excluding diaryl/α,β-unsaturated/α-hetero) is 1. The van der Waals surface area contributed by atoms with Gasteiger partial charge in [0.05, 0.1) is 5.69 Å². The normalized spacial score (nSPS) is 10.0. The molecule has 1 aromatic heterocycles. The Hall–Kier alpha value is -2.40. The Balaban J connectivity index is 1.89. The second-order valence-corrected chi connectivity index (χ2v) is 4.62. The minimum absolute atomic E-state index is 0.0227. The standard InChI is InChI=1S/C15H13ClN2O3/c1-10(19)11-4-6-12(7-5-11)21-9-14(20)18-13-3-2-8-17-15(13)16/h2-8H,9H2,1H3,(H,18,20). The van der Waals surface area contributed by atoms with E-state index in [1.165, 1.54) is 13.1 Å². The van der Waals surface area contributed by atoms with E-state index in [1.54, 1.807) is 36.4 Å². The first-order chi connectivity index (χ1) is 10.1. The summed E-state index contributed by atoms with van der Waals surface area (Å²) in [7, 11) is 0. The number of ether oxygens (including phenoxy) is 1. The molecule has 0 saturated carbocycles. The van der Waals surface area contributed by atoms with Crippen LogP contribution in [-0.4, -0.2) is 23.3 Å². The summed E-state index contributed by atoms with van der Waals surface area (Å²) in [5, 5.41) is 2.82. The summed E-state index contributed by atoms with van der Waals surface area (Å²) in [6, 6.07) is 9.89. The fraction of sp³-hybridized carbons (Fsp3) is 0.133. The molecular weight excluding hydrogens is 292 g/mol. The van der Waals surface area contributed by atoms with Crippen LogP contribution in [0.25, 0.3) is 0 Å². The topological polar surface area (TPSA) is 68.3 Å². The van der Waals surface area contributed by atoms with Crippen molar-refractivity contribution in [2.24, 2.45) is 0 Å². The molecule has 0 atom stereocenters. The summed E-state index contributed by atoms with van der Waals surface area (Å²) in [4.78, 5) is 26.7. The van der Waals surface area contributed by atoms with Gasteiger partial charge in [0, 0.05) is 11.8 Å². The summed E-state index contributed by atoms with van der Waals surface area (Å²) < 4.78 is 5.33. The first-order valence-corrected chi connectivity index (χ1v) is 6.58. The van der Waals surface area contributed by atoms with Gasteiger partial charge in [0.2, 0.25) is 0 Å². The van der Waals surface area contributed by atoms with Crippen LogP contribution in [0.4, 0.5) is 5.69 Å². The Labute approximate surface area is 126 Å². The summed E-state index contributed by atoms with van der Waals surface area (Å²) in [5.74, 6) is 0.137. The predicted octanol–water partition coefficient (Wildman–Crippen LogP) is 2.96. The van der Waals surface area contributed by atoms with Gasteiger partial charge in [-0.25, -0.2) is 4.98 Å².